The SMILES string of the molecule is CC(C)(C)NS(=O)(=O)c1ccc(NC(=O)C(Cc2ccccc2)NC(=O)c2cccnn2)cc1. The maximum absolute atomic E-state index is 13.1. The number of aromatic nitrogens is 2. The van der Waals surface area contributed by atoms with Gasteiger partial charge in [0.2, 0.25) is 15.9 Å². The Bertz CT molecular complexity index is 1230. The number of amides is 2. The number of hydrogen-bond acceptors (Lipinski definition) is 6. The van der Waals surface area contributed by atoms with Crippen molar-refractivity contribution in [2.24, 2.45) is 0 Å². The highest BCUT2D eigenvalue weighted by atomic mass is 32.2. The van der Waals surface area contributed by atoms with E-state index in [4.69, 9.17) is 0 Å². The van der Waals surface area contributed by atoms with Crippen LogP contribution in [0, 0.1) is 0 Å². The molecule has 0 fully saturated rings. The van der Waals surface area contributed by atoms with E-state index < -0.39 is 33.4 Å². The normalized spacial score (nSPS) is 12.6. The van der Waals surface area contributed by atoms with Gasteiger partial charge >= 0.3 is 0 Å². The number of benzene rings is 2. The lowest BCUT2D eigenvalue weighted by molar-refractivity contribution is -0.118. The van der Waals surface area contributed by atoms with Crippen LogP contribution in [0.1, 0.15) is 36.8 Å². The zero-order valence-corrected chi connectivity index (χ0v) is 20.0. The molecule has 0 aliphatic heterocycles. The first-order chi connectivity index (χ1) is 16.0. The fourth-order valence-electron chi connectivity index (χ4n) is 3.12. The van der Waals surface area contributed by atoms with E-state index >= 15 is 0 Å². The van der Waals surface area contributed by atoms with Crippen LogP contribution < -0.4 is 15.4 Å². The predicted octanol–water partition coefficient (Wildman–Crippen LogP) is 2.53. The largest absolute Gasteiger partial charge is 0.338 e. The first-order valence-corrected chi connectivity index (χ1v) is 12.1. The monoisotopic (exact) mass is 481 g/mol. The first kappa shape index (κ1) is 25.0. The summed E-state index contributed by atoms with van der Waals surface area (Å²) in [7, 11) is -3.70. The second-order valence-corrected chi connectivity index (χ2v) is 10.4. The summed E-state index contributed by atoms with van der Waals surface area (Å²) in [5, 5.41) is 12.9. The zero-order chi connectivity index (χ0) is 24.8. The molecule has 0 bridgehead atoms. The van der Waals surface area contributed by atoms with Gasteiger partial charge in [-0.2, -0.15) is 5.10 Å². The summed E-state index contributed by atoms with van der Waals surface area (Å²) in [5.74, 6) is -0.983. The second kappa shape index (κ2) is 10.5. The van der Waals surface area contributed by atoms with Gasteiger partial charge in [0.25, 0.3) is 5.91 Å². The molecule has 1 aromatic heterocycles. The number of carbonyl (C=O) groups is 2. The van der Waals surface area contributed by atoms with Gasteiger partial charge in [-0.1, -0.05) is 30.3 Å². The molecule has 1 unspecified atom stereocenters. The second-order valence-electron chi connectivity index (χ2n) is 8.69. The topological polar surface area (TPSA) is 130 Å². The number of carbonyl (C=O) groups excluding carboxylic acids is 2. The smallest absolute Gasteiger partial charge is 0.272 e. The molecule has 3 rings (SSSR count). The van der Waals surface area contributed by atoms with Crippen molar-refractivity contribution in [3.8, 4) is 0 Å². The van der Waals surface area contributed by atoms with Crippen LogP contribution in [-0.2, 0) is 21.2 Å². The molecular weight excluding hydrogens is 454 g/mol. The summed E-state index contributed by atoms with van der Waals surface area (Å²) in [6.07, 6.45) is 1.70. The fraction of sp³-hybridized carbons (Fsp3) is 0.250. The number of hydrogen-bond donors (Lipinski definition) is 3. The van der Waals surface area contributed by atoms with Gasteiger partial charge in [0, 0.05) is 23.8 Å². The molecule has 9 nitrogen and oxygen atoms in total. The fourth-order valence-corrected chi connectivity index (χ4v) is 4.54. The molecule has 0 radical (unpaired) electrons. The van der Waals surface area contributed by atoms with Crippen molar-refractivity contribution >= 4 is 27.5 Å². The van der Waals surface area contributed by atoms with Crippen LogP contribution in [0.5, 0.6) is 0 Å². The summed E-state index contributed by atoms with van der Waals surface area (Å²) in [6.45, 7) is 5.25. The minimum atomic E-state index is -3.70. The van der Waals surface area contributed by atoms with Crippen molar-refractivity contribution in [3.63, 3.8) is 0 Å². The van der Waals surface area contributed by atoms with Crippen LogP contribution in [-0.4, -0.2) is 42.0 Å². The van der Waals surface area contributed by atoms with Gasteiger partial charge in [0.1, 0.15) is 6.04 Å². The van der Waals surface area contributed by atoms with Crippen molar-refractivity contribution in [1.82, 2.24) is 20.2 Å². The van der Waals surface area contributed by atoms with E-state index in [0.29, 0.717) is 5.69 Å². The minimum absolute atomic E-state index is 0.0808. The summed E-state index contributed by atoms with van der Waals surface area (Å²) in [4.78, 5) is 25.7. The number of nitrogens with one attached hydrogen (secondary N) is 3. The number of anilines is 1. The third kappa shape index (κ3) is 7.19. The summed E-state index contributed by atoms with van der Waals surface area (Å²) in [5.41, 5.74) is 0.718. The standard InChI is InChI=1S/C24H27N5O4S/c1-24(2,3)29-34(32,33)19-13-11-18(12-14-19)26-23(31)21(16-17-8-5-4-6-9-17)27-22(30)20-10-7-15-25-28-20/h4-15,21,29H,16H2,1-3H3,(H,26,31)(H,27,30). The molecule has 1 heterocycles. The highest BCUT2D eigenvalue weighted by molar-refractivity contribution is 7.89. The molecule has 1 atom stereocenters. The Morgan fingerprint density at radius 1 is 0.941 bits per heavy atom. The van der Waals surface area contributed by atoms with E-state index in [1.54, 1.807) is 26.8 Å². The van der Waals surface area contributed by atoms with Crippen LogP contribution in [0.2, 0.25) is 0 Å². The van der Waals surface area contributed by atoms with Crippen molar-refractivity contribution in [3.05, 3.63) is 84.2 Å². The Labute approximate surface area is 199 Å². The molecule has 3 N–H and O–H groups in total. The van der Waals surface area contributed by atoms with Gasteiger partial charge in [-0.25, -0.2) is 13.1 Å². The third-order valence-electron chi connectivity index (χ3n) is 4.58. The van der Waals surface area contributed by atoms with Crippen LogP contribution in [0.15, 0.2) is 77.8 Å². The summed E-state index contributed by atoms with van der Waals surface area (Å²) < 4.78 is 27.6. The van der Waals surface area contributed by atoms with Gasteiger partial charge < -0.3 is 10.6 Å². The number of rotatable bonds is 8. The summed E-state index contributed by atoms with van der Waals surface area (Å²) in [6, 6.07) is 17.3. The van der Waals surface area contributed by atoms with Crippen LogP contribution in [0.4, 0.5) is 5.69 Å². The lowest BCUT2D eigenvalue weighted by atomic mass is 10.0. The Morgan fingerprint density at radius 2 is 1.62 bits per heavy atom. The van der Waals surface area contributed by atoms with E-state index in [2.05, 4.69) is 25.6 Å². The molecule has 0 saturated heterocycles. The quantitative estimate of drug-likeness (QED) is 0.453. The molecule has 178 valence electrons. The van der Waals surface area contributed by atoms with E-state index in [-0.39, 0.29) is 17.0 Å². The Kier molecular flexibility index (Phi) is 7.75. The van der Waals surface area contributed by atoms with Crippen LogP contribution in [0.3, 0.4) is 0 Å². The lowest BCUT2D eigenvalue weighted by Gasteiger charge is -2.21. The highest BCUT2D eigenvalue weighted by Gasteiger charge is 2.24. The molecule has 2 amide bonds. The molecule has 0 saturated carbocycles. The van der Waals surface area contributed by atoms with Gasteiger partial charge in [0.15, 0.2) is 5.69 Å². The average Bonchev–Trinajstić information content (AvgIpc) is 2.78. The molecule has 0 aliphatic carbocycles. The maximum Gasteiger partial charge on any atom is 0.272 e. The molecule has 34 heavy (non-hydrogen) atoms. The van der Waals surface area contributed by atoms with Crippen molar-refractivity contribution in [2.75, 3.05) is 5.32 Å². The van der Waals surface area contributed by atoms with E-state index in [0.717, 1.165) is 5.56 Å². The maximum atomic E-state index is 13.1. The minimum Gasteiger partial charge on any atom is -0.338 e. The molecule has 0 aliphatic rings. The van der Waals surface area contributed by atoms with Gasteiger partial charge in [-0.05, 0) is 62.7 Å². The van der Waals surface area contributed by atoms with E-state index in [1.807, 2.05) is 30.3 Å². The molecule has 0 spiro atoms. The van der Waals surface area contributed by atoms with Crippen molar-refractivity contribution in [1.29, 1.82) is 0 Å². The highest BCUT2D eigenvalue weighted by Crippen LogP contribution is 2.17. The first-order valence-electron chi connectivity index (χ1n) is 10.6. The van der Waals surface area contributed by atoms with Crippen molar-refractivity contribution in [2.45, 2.75) is 43.7 Å². The molecule has 10 heteroatoms. The number of nitrogens with zero attached hydrogens (tertiary/aromatic N) is 2. The van der Waals surface area contributed by atoms with Crippen LogP contribution in [0.25, 0.3) is 0 Å². The Hall–Kier alpha value is -3.63. The van der Waals surface area contributed by atoms with Gasteiger partial charge in [-0.15, -0.1) is 5.10 Å². The van der Waals surface area contributed by atoms with Gasteiger partial charge in [-0.3, -0.25) is 9.59 Å². The molecule has 3 aromatic rings. The zero-order valence-electron chi connectivity index (χ0n) is 19.1. The predicted molar refractivity (Wildman–Crippen MR) is 129 cm³/mol. The Balaban J connectivity index is 1.76. The van der Waals surface area contributed by atoms with Crippen molar-refractivity contribution < 1.29 is 18.0 Å². The third-order valence-corrected chi connectivity index (χ3v) is 6.36. The lowest BCUT2D eigenvalue weighted by Crippen LogP contribution is -2.45. The summed E-state index contributed by atoms with van der Waals surface area (Å²) >= 11 is 0. The van der Waals surface area contributed by atoms with E-state index in [9.17, 15) is 18.0 Å². The molecule has 2 aromatic carbocycles. The van der Waals surface area contributed by atoms with E-state index in [1.165, 1.54) is 36.5 Å². The average molecular weight is 482 g/mol. The van der Waals surface area contributed by atoms with Crippen LogP contribution >= 0.6 is 0 Å². The number of sulfonamides is 1. The molecular formula is C24H27N5O4S. The Morgan fingerprint density at radius 3 is 2.21 bits per heavy atom. The van der Waals surface area contributed by atoms with Gasteiger partial charge in [0.05, 0.1) is 4.90 Å².